The molecule has 0 saturated heterocycles. The van der Waals surface area contributed by atoms with Crippen molar-refractivity contribution in [2.45, 2.75) is 13.0 Å². The second-order valence-electron chi connectivity index (χ2n) is 4.56. The molecule has 0 radical (unpaired) electrons. The first kappa shape index (κ1) is 16.9. The molecule has 0 aliphatic heterocycles. The molecule has 2 rings (SSSR count). The number of carbonyl (C=O) groups excluding carboxylic acids is 1. The molecule has 0 amide bonds. The summed E-state index contributed by atoms with van der Waals surface area (Å²) in [5.41, 5.74) is -0.0279. The van der Waals surface area contributed by atoms with Crippen molar-refractivity contribution in [3.05, 3.63) is 64.7 Å². The molecule has 8 heteroatoms. The highest BCUT2D eigenvalue weighted by Crippen LogP contribution is 2.37. The molecular formula is C15H15N2O5P. The number of carbonyl (C=O) groups is 1. The van der Waals surface area contributed by atoms with Crippen LogP contribution in [0, 0.1) is 10.1 Å². The molecule has 120 valence electrons. The Hall–Kier alpha value is -2.50. The lowest BCUT2D eigenvalue weighted by molar-refractivity contribution is -0.384. The van der Waals surface area contributed by atoms with Gasteiger partial charge in [0.25, 0.3) is 5.69 Å². The molecule has 2 aromatic rings. The molecule has 0 fully saturated rings. The van der Waals surface area contributed by atoms with E-state index in [2.05, 4.69) is 5.09 Å². The third-order valence-electron chi connectivity index (χ3n) is 2.68. The van der Waals surface area contributed by atoms with Crippen molar-refractivity contribution >= 4 is 20.5 Å². The largest absolute Gasteiger partial charge is 0.427 e. The molecule has 0 spiro atoms. The predicted octanol–water partition coefficient (Wildman–Crippen LogP) is 3.46. The second kappa shape index (κ2) is 8.22. The lowest BCUT2D eigenvalue weighted by Crippen LogP contribution is -2.25. The van der Waals surface area contributed by atoms with Gasteiger partial charge in [0, 0.05) is 12.1 Å². The lowest BCUT2D eigenvalue weighted by atomic mass is 10.3. The van der Waals surface area contributed by atoms with Crippen LogP contribution < -0.4 is 14.1 Å². The third-order valence-corrected chi connectivity index (χ3v) is 4.05. The summed E-state index contributed by atoms with van der Waals surface area (Å²) in [6, 6.07) is 14.2. The maximum absolute atomic E-state index is 10.8. The molecule has 7 nitrogen and oxygen atoms in total. The summed E-state index contributed by atoms with van der Waals surface area (Å²) in [4.78, 5) is 21.0. The number of hydrogen-bond acceptors (Lipinski definition) is 6. The first-order valence-corrected chi connectivity index (χ1v) is 7.93. The monoisotopic (exact) mass is 334 g/mol. The molecule has 0 aliphatic rings. The minimum Gasteiger partial charge on any atom is -0.427 e. The summed E-state index contributed by atoms with van der Waals surface area (Å²) in [5, 5.41) is 13.6. The Balaban J connectivity index is 2.09. The van der Waals surface area contributed by atoms with Crippen LogP contribution in [0.4, 0.5) is 5.69 Å². The van der Waals surface area contributed by atoms with Gasteiger partial charge in [0.15, 0.2) is 0 Å². The summed E-state index contributed by atoms with van der Waals surface area (Å²) in [7, 11) is -1.63. The van der Waals surface area contributed by atoms with E-state index in [1.807, 2.05) is 18.2 Å². The van der Waals surface area contributed by atoms with Gasteiger partial charge in [-0.3, -0.25) is 10.1 Å². The number of non-ortho nitro benzene ring substituents is 1. The molecule has 1 N–H and O–H groups in total. The number of para-hydroxylation sites is 1. The molecule has 0 aromatic heterocycles. The molecular weight excluding hydrogens is 319 g/mol. The van der Waals surface area contributed by atoms with Crippen molar-refractivity contribution in [3.8, 4) is 11.5 Å². The van der Waals surface area contributed by atoms with Crippen molar-refractivity contribution in [3.63, 3.8) is 0 Å². The van der Waals surface area contributed by atoms with E-state index in [0.29, 0.717) is 11.5 Å². The van der Waals surface area contributed by atoms with Crippen LogP contribution in [0.3, 0.4) is 0 Å². The van der Waals surface area contributed by atoms with Gasteiger partial charge in [-0.15, -0.1) is 0 Å². The zero-order chi connectivity index (χ0) is 16.7. The maximum atomic E-state index is 10.8. The van der Waals surface area contributed by atoms with Crippen LogP contribution in [0.1, 0.15) is 6.92 Å². The van der Waals surface area contributed by atoms with E-state index >= 15 is 0 Å². The van der Waals surface area contributed by atoms with Gasteiger partial charge >= 0.3 is 8.53 Å². The summed E-state index contributed by atoms with van der Waals surface area (Å²) < 4.78 is 11.4. The number of rotatable bonds is 8. The molecule has 0 heterocycles. The van der Waals surface area contributed by atoms with Crippen LogP contribution in [0.5, 0.6) is 11.5 Å². The second-order valence-corrected chi connectivity index (χ2v) is 5.70. The predicted molar refractivity (Wildman–Crippen MR) is 86.4 cm³/mol. The van der Waals surface area contributed by atoms with Crippen LogP contribution in [-0.2, 0) is 4.79 Å². The van der Waals surface area contributed by atoms with Gasteiger partial charge in [-0.05, 0) is 31.2 Å². The van der Waals surface area contributed by atoms with Gasteiger partial charge in [0.2, 0.25) is 0 Å². The number of nitrogens with one attached hydrogen (secondary N) is 1. The fourth-order valence-electron chi connectivity index (χ4n) is 1.57. The molecule has 2 atom stereocenters. The molecule has 0 saturated carbocycles. The third kappa shape index (κ3) is 5.32. The Morgan fingerprint density at radius 1 is 1.09 bits per heavy atom. The van der Waals surface area contributed by atoms with E-state index in [1.165, 1.54) is 24.3 Å². The number of aldehydes is 1. The van der Waals surface area contributed by atoms with Crippen molar-refractivity contribution in [2.24, 2.45) is 0 Å². The number of benzene rings is 2. The average Bonchev–Trinajstić information content (AvgIpc) is 2.56. The van der Waals surface area contributed by atoms with Crippen molar-refractivity contribution < 1.29 is 18.8 Å². The zero-order valence-corrected chi connectivity index (χ0v) is 13.2. The summed E-state index contributed by atoms with van der Waals surface area (Å²) >= 11 is 0. The van der Waals surface area contributed by atoms with Crippen molar-refractivity contribution in [1.29, 1.82) is 0 Å². The van der Waals surface area contributed by atoms with Gasteiger partial charge in [-0.2, -0.15) is 0 Å². The van der Waals surface area contributed by atoms with E-state index in [4.69, 9.17) is 9.05 Å². The van der Waals surface area contributed by atoms with E-state index in [1.54, 1.807) is 19.1 Å². The Morgan fingerprint density at radius 2 is 1.65 bits per heavy atom. The Bertz CT molecular complexity index is 651. The van der Waals surface area contributed by atoms with Crippen LogP contribution >= 0.6 is 8.53 Å². The Kier molecular flexibility index (Phi) is 6.02. The zero-order valence-electron chi connectivity index (χ0n) is 12.3. The highest BCUT2D eigenvalue weighted by atomic mass is 31.2. The highest BCUT2D eigenvalue weighted by Gasteiger charge is 2.18. The summed E-state index contributed by atoms with van der Waals surface area (Å²) in [6.07, 6.45) is 0.739. The van der Waals surface area contributed by atoms with Crippen LogP contribution in [0.15, 0.2) is 54.6 Å². The van der Waals surface area contributed by atoms with Gasteiger partial charge in [-0.25, -0.2) is 5.09 Å². The van der Waals surface area contributed by atoms with Crippen molar-refractivity contribution in [1.82, 2.24) is 5.09 Å². The number of nitrogens with zero attached hydrogens (tertiary/aromatic N) is 1. The van der Waals surface area contributed by atoms with Crippen molar-refractivity contribution in [2.75, 3.05) is 0 Å². The van der Waals surface area contributed by atoms with Crippen LogP contribution in [0.2, 0.25) is 0 Å². The van der Waals surface area contributed by atoms with Gasteiger partial charge in [0.1, 0.15) is 17.8 Å². The molecule has 2 unspecified atom stereocenters. The molecule has 0 aliphatic carbocycles. The molecule has 2 aromatic carbocycles. The maximum Gasteiger partial charge on any atom is 0.382 e. The minimum absolute atomic E-state index is 0.0279. The summed E-state index contributed by atoms with van der Waals surface area (Å²) in [5.74, 6) is 0.995. The number of hydrogen-bond donors (Lipinski definition) is 1. The fourth-order valence-corrected chi connectivity index (χ4v) is 2.73. The van der Waals surface area contributed by atoms with Gasteiger partial charge < -0.3 is 13.8 Å². The van der Waals surface area contributed by atoms with E-state index in [-0.39, 0.29) is 5.69 Å². The number of nitro groups is 1. The normalized spacial score (nSPS) is 12.9. The van der Waals surface area contributed by atoms with E-state index < -0.39 is 19.5 Å². The Morgan fingerprint density at radius 3 is 2.17 bits per heavy atom. The van der Waals surface area contributed by atoms with E-state index in [0.717, 1.165) is 6.29 Å². The highest BCUT2D eigenvalue weighted by molar-refractivity contribution is 7.45. The average molecular weight is 334 g/mol. The van der Waals surface area contributed by atoms with Gasteiger partial charge in [0.05, 0.1) is 11.0 Å². The smallest absolute Gasteiger partial charge is 0.382 e. The lowest BCUT2D eigenvalue weighted by Gasteiger charge is -2.20. The molecule has 23 heavy (non-hydrogen) atoms. The first-order valence-electron chi connectivity index (χ1n) is 6.75. The van der Waals surface area contributed by atoms with Gasteiger partial charge in [-0.1, -0.05) is 18.2 Å². The minimum atomic E-state index is -1.63. The number of nitro benzene ring substituents is 1. The van der Waals surface area contributed by atoms with Crippen LogP contribution in [-0.4, -0.2) is 17.3 Å². The van der Waals surface area contributed by atoms with E-state index in [9.17, 15) is 14.9 Å². The SMILES string of the molecule is CC(C=O)NP(Oc1ccccc1)Oc1ccc([N+](=O)[O-])cc1. The standard InChI is InChI=1S/C15H15N2O5P/c1-12(11-18)16-23(21-14-5-3-2-4-6-14)22-15-9-7-13(8-10-15)17(19)20/h2-12,16H,1H3. The molecule has 0 bridgehead atoms. The summed E-state index contributed by atoms with van der Waals surface area (Å²) in [6.45, 7) is 1.68. The fraction of sp³-hybridized carbons (Fsp3) is 0.133. The Labute approximate surface area is 134 Å². The van der Waals surface area contributed by atoms with Crippen LogP contribution in [0.25, 0.3) is 0 Å². The first-order chi connectivity index (χ1) is 11.1. The topological polar surface area (TPSA) is 90.7 Å². The quantitative estimate of drug-likeness (QED) is 0.344.